The minimum atomic E-state index is -0.165. The number of rotatable bonds is 2. The smallest absolute Gasteiger partial charge is 0.302 e. The molecule has 2 heteroatoms. The van der Waals surface area contributed by atoms with Crippen LogP contribution >= 0.6 is 0 Å². The Morgan fingerprint density at radius 3 is 2.72 bits per heavy atom. The molecule has 0 aromatic rings. The van der Waals surface area contributed by atoms with Crippen molar-refractivity contribution in [3.63, 3.8) is 0 Å². The summed E-state index contributed by atoms with van der Waals surface area (Å²) < 4.78 is 5.39. The monoisotopic (exact) mass is 342 g/mol. The van der Waals surface area contributed by atoms with Gasteiger partial charge in [-0.3, -0.25) is 4.79 Å². The van der Waals surface area contributed by atoms with E-state index in [2.05, 4.69) is 37.8 Å². The van der Waals surface area contributed by atoms with Gasteiger partial charge in [0.15, 0.2) is 0 Å². The predicted molar refractivity (Wildman–Crippen MR) is 104 cm³/mol. The Balaban J connectivity index is 2.00. The lowest BCUT2D eigenvalue weighted by molar-refractivity contribution is -0.147. The summed E-state index contributed by atoms with van der Waals surface area (Å²) in [4.78, 5) is 11.2. The Labute approximate surface area is 154 Å². The molecule has 1 saturated carbocycles. The van der Waals surface area contributed by atoms with Gasteiger partial charge in [-0.1, -0.05) is 49.8 Å². The zero-order valence-corrected chi connectivity index (χ0v) is 16.3. The molecule has 0 N–H and O–H groups in total. The van der Waals surface area contributed by atoms with Crippen molar-refractivity contribution in [2.45, 2.75) is 97.5 Å². The number of allylic oxidation sites excluding steroid dienone is 3. The molecule has 2 rings (SSSR count). The maximum absolute atomic E-state index is 11.2. The Bertz CT molecular complexity index is 569. The van der Waals surface area contributed by atoms with Crippen LogP contribution in [0.1, 0.15) is 91.4 Å². The topological polar surface area (TPSA) is 26.3 Å². The van der Waals surface area contributed by atoms with E-state index in [4.69, 9.17) is 4.74 Å². The number of hydrogen-bond acceptors (Lipinski definition) is 2. The number of carbonyl (C=O) groups excluding carboxylic acids is 1. The summed E-state index contributed by atoms with van der Waals surface area (Å²) >= 11 is 0. The van der Waals surface area contributed by atoms with Crippen LogP contribution in [0.2, 0.25) is 0 Å². The summed E-state index contributed by atoms with van der Waals surface area (Å²) in [5.41, 5.74) is 3.11. The SMILES string of the molecule is CC(=O)O[C@H]1CCC/C(=C/C=C2/C#CCCCCC(C)(C)CCC2)C1. The second-order valence-corrected chi connectivity index (χ2v) is 8.37. The molecule has 0 spiro atoms. The highest BCUT2D eigenvalue weighted by molar-refractivity contribution is 5.66. The third-order valence-corrected chi connectivity index (χ3v) is 5.32. The lowest BCUT2D eigenvalue weighted by Crippen LogP contribution is -2.20. The van der Waals surface area contributed by atoms with Gasteiger partial charge in [-0.25, -0.2) is 0 Å². The largest absolute Gasteiger partial charge is 0.462 e. The zero-order chi connectivity index (χ0) is 18.1. The summed E-state index contributed by atoms with van der Waals surface area (Å²) in [6, 6.07) is 0. The molecule has 2 aliphatic carbocycles. The van der Waals surface area contributed by atoms with Crippen molar-refractivity contribution in [3.05, 3.63) is 23.3 Å². The van der Waals surface area contributed by atoms with Crippen molar-refractivity contribution in [1.82, 2.24) is 0 Å². The van der Waals surface area contributed by atoms with Crippen molar-refractivity contribution in [3.8, 4) is 11.8 Å². The van der Waals surface area contributed by atoms with Gasteiger partial charge in [0.2, 0.25) is 0 Å². The fraction of sp³-hybridized carbons (Fsp3) is 0.696. The maximum atomic E-state index is 11.2. The van der Waals surface area contributed by atoms with Crippen molar-refractivity contribution in [2.24, 2.45) is 5.41 Å². The maximum Gasteiger partial charge on any atom is 0.302 e. The first-order chi connectivity index (χ1) is 11.9. The van der Waals surface area contributed by atoms with Gasteiger partial charge in [0.25, 0.3) is 0 Å². The molecule has 0 radical (unpaired) electrons. The normalized spacial score (nSPS) is 27.9. The first-order valence-corrected chi connectivity index (χ1v) is 9.99. The molecule has 0 amide bonds. The van der Waals surface area contributed by atoms with Crippen molar-refractivity contribution in [1.29, 1.82) is 0 Å². The molecule has 138 valence electrons. The number of ether oxygens (including phenoxy) is 1. The van der Waals surface area contributed by atoms with Crippen LogP contribution in [0.5, 0.6) is 0 Å². The lowest BCUT2D eigenvalue weighted by Gasteiger charge is -2.24. The molecular formula is C23H34O2. The fourth-order valence-electron chi connectivity index (χ4n) is 3.82. The van der Waals surface area contributed by atoms with Crippen molar-refractivity contribution < 1.29 is 9.53 Å². The van der Waals surface area contributed by atoms with Crippen LogP contribution in [0.15, 0.2) is 23.3 Å². The Morgan fingerprint density at radius 1 is 1.12 bits per heavy atom. The highest BCUT2D eigenvalue weighted by Gasteiger charge is 2.19. The summed E-state index contributed by atoms with van der Waals surface area (Å²) in [5.74, 6) is 6.61. The molecule has 0 aromatic heterocycles. The van der Waals surface area contributed by atoms with E-state index in [1.165, 1.54) is 50.2 Å². The molecule has 2 aliphatic rings. The molecule has 0 aliphatic heterocycles. The zero-order valence-electron chi connectivity index (χ0n) is 16.3. The molecule has 25 heavy (non-hydrogen) atoms. The van der Waals surface area contributed by atoms with E-state index in [-0.39, 0.29) is 12.1 Å². The first kappa shape index (κ1) is 19.8. The molecule has 0 bridgehead atoms. The van der Waals surface area contributed by atoms with E-state index in [0.717, 1.165) is 38.5 Å². The average molecular weight is 343 g/mol. The highest BCUT2D eigenvalue weighted by atomic mass is 16.5. The van der Waals surface area contributed by atoms with E-state index in [0.29, 0.717) is 5.41 Å². The minimum Gasteiger partial charge on any atom is -0.462 e. The first-order valence-electron chi connectivity index (χ1n) is 9.99. The molecule has 1 atom stereocenters. The summed E-state index contributed by atoms with van der Waals surface area (Å²) in [6.45, 7) is 6.29. The quantitative estimate of drug-likeness (QED) is 0.446. The van der Waals surface area contributed by atoms with E-state index < -0.39 is 0 Å². The number of hydrogen-bond donors (Lipinski definition) is 0. The van der Waals surface area contributed by atoms with E-state index in [1.54, 1.807) is 0 Å². The Hall–Kier alpha value is -1.49. The van der Waals surface area contributed by atoms with Gasteiger partial charge in [0.05, 0.1) is 0 Å². The van der Waals surface area contributed by atoms with Crippen LogP contribution in [-0.4, -0.2) is 12.1 Å². The van der Waals surface area contributed by atoms with Crippen molar-refractivity contribution in [2.75, 3.05) is 0 Å². The Kier molecular flexibility index (Phi) is 7.82. The molecule has 0 unspecified atom stereocenters. The summed E-state index contributed by atoms with van der Waals surface area (Å²) in [6.07, 6.45) is 17.0. The van der Waals surface area contributed by atoms with Crippen LogP contribution in [-0.2, 0) is 9.53 Å². The van der Waals surface area contributed by atoms with Crippen LogP contribution in [0.25, 0.3) is 0 Å². The highest BCUT2D eigenvalue weighted by Crippen LogP contribution is 2.31. The fourth-order valence-corrected chi connectivity index (χ4v) is 3.82. The lowest BCUT2D eigenvalue weighted by atomic mass is 9.82. The van der Waals surface area contributed by atoms with Gasteiger partial charge < -0.3 is 4.74 Å². The van der Waals surface area contributed by atoms with E-state index >= 15 is 0 Å². The van der Waals surface area contributed by atoms with Crippen LogP contribution in [0, 0.1) is 17.3 Å². The third kappa shape index (κ3) is 7.95. The Morgan fingerprint density at radius 2 is 1.92 bits per heavy atom. The second-order valence-electron chi connectivity index (χ2n) is 8.37. The summed E-state index contributed by atoms with van der Waals surface area (Å²) in [5, 5.41) is 0. The van der Waals surface area contributed by atoms with Gasteiger partial charge >= 0.3 is 5.97 Å². The molecular weight excluding hydrogens is 308 g/mol. The van der Waals surface area contributed by atoms with E-state index in [1.807, 2.05) is 0 Å². The number of esters is 1. The molecule has 2 nitrogen and oxygen atoms in total. The average Bonchev–Trinajstić information content (AvgIpc) is 2.57. The number of carbonyl (C=O) groups is 1. The van der Waals surface area contributed by atoms with Crippen LogP contribution < -0.4 is 0 Å². The van der Waals surface area contributed by atoms with Gasteiger partial charge in [-0.2, -0.15) is 0 Å². The molecule has 0 aromatic carbocycles. The minimum absolute atomic E-state index is 0.0651. The van der Waals surface area contributed by atoms with Crippen molar-refractivity contribution >= 4 is 5.97 Å². The van der Waals surface area contributed by atoms with Gasteiger partial charge in [-0.05, 0) is 56.8 Å². The molecule has 1 fully saturated rings. The standard InChI is InChI=1S/C23H34O2/c1-19(24)25-22-13-8-11-21(18-22)15-14-20-10-6-4-5-7-16-23(2,3)17-9-12-20/h14-15,22H,4-5,7-9,11-13,16-18H2,1-3H3/b20-14-,21-15-/t22-/m0/s1. The molecule has 0 saturated heterocycles. The van der Waals surface area contributed by atoms with Gasteiger partial charge in [0, 0.05) is 25.3 Å². The van der Waals surface area contributed by atoms with Gasteiger partial charge in [0.1, 0.15) is 6.10 Å². The second kappa shape index (κ2) is 9.85. The van der Waals surface area contributed by atoms with Crippen LogP contribution in [0.4, 0.5) is 0 Å². The van der Waals surface area contributed by atoms with E-state index in [9.17, 15) is 4.79 Å². The molecule has 0 heterocycles. The van der Waals surface area contributed by atoms with Gasteiger partial charge in [-0.15, -0.1) is 0 Å². The third-order valence-electron chi connectivity index (χ3n) is 5.32. The van der Waals surface area contributed by atoms with Crippen LogP contribution in [0.3, 0.4) is 0 Å². The summed E-state index contributed by atoms with van der Waals surface area (Å²) in [7, 11) is 0. The predicted octanol–water partition coefficient (Wildman–Crippen LogP) is 6.12.